The minimum absolute atomic E-state index is 0.408. The van der Waals surface area contributed by atoms with E-state index in [9.17, 15) is 0 Å². The molecule has 0 radical (unpaired) electrons. The van der Waals surface area contributed by atoms with Crippen LogP contribution in [0.15, 0.2) is 20.9 Å². The van der Waals surface area contributed by atoms with E-state index in [0.717, 1.165) is 29.0 Å². The Hall–Kier alpha value is -0.750. The van der Waals surface area contributed by atoms with E-state index in [1.807, 2.05) is 23.3 Å². The molecule has 0 fully saturated rings. The Kier molecular flexibility index (Phi) is 7.04. The Labute approximate surface area is 111 Å². The summed E-state index contributed by atoms with van der Waals surface area (Å²) in [6, 6.07) is 0.408. The van der Waals surface area contributed by atoms with Crippen molar-refractivity contribution in [2.75, 3.05) is 19.3 Å². The van der Waals surface area contributed by atoms with Gasteiger partial charge in [-0.25, -0.2) is 4.98 Å². The van der Waals surface area contributed by atoms with Gasteiger partial charge in [-0.15, -0.1) is 11.3 Å². The first-order chi connectivity index (χ1) is 8.22. The van der Waals surface area contributed by atoms with E-state index in [0.29, 0.717) is 6.04 Å². The van der Waals surface area contributed by atoms with Gasteiger partial charge in [0.2, 0.25) is 0 Å². The Bertz CT molecular complexity index is 322. The van der Waals surface area contributed by atoms with Crippen LogP contribution in [0.3, 0.4) is 0 Å². The summed E-state index contributed by atoms with van der Waals surface area (Å²) in [5.41, 5.74) is 0. The second kappa shape index (κ2) is 8.36. The molecule has 0 aromatic carbocycles. The first-order valence-corrected chi connectivity index (χ1v) is 7.58. The summed E-state index contributed by atoms with van der Waals surface area (Å²) in [5.74, 6) is 1.96. The first kappa shape index (κ1) is 14.3. The molecule has 1 rings (SSSR count). The highest BCUT2D eigenvalue weighted by Gasteiger charge is 1.99. The van der Waals surface area contributed by atoms with E-state index in [-0.39, 0.29) is 0 Å². The van der Waals surface area contributed by atoms with Crippen molar-refractivity contribution in [1.29, 1.82) is 0 Å². The SMILES string of the molecule is CN=C(NCCCSc1nccs1)NC(C)C. The average Bonchev–Trinajstić information content (AvgIpc) is 2.79. The summed E-state index contributed by atoms with van der Waals surface area (Å²) in [4.78, 5) is 8.38. The van der Waals surface area contributed by atoms with Crippen molar-refractivity contribution in [2.24, 2.45) is 4.99 Å². The molecule has 6 heteroatoms. The number of thioether (sulfide) groups is 1. The van der Waals surface area contributed by atoms with Gasteiger partial charge in [0.15, 0.2) is 5.96 Å². The molecule has 4 nitrogen and oxygen atoms in total. The van der Waals surface area contributed by atoms with Crippen molar-refractivity contribution < 1.29 is 0 Å². The highest BCUT2D eigenvalue weighted by atomic mass is 32.2. The van der Waals surface area contributed by atoms with E-state index in [1.54, 1.807) is 18.4 Å². The molecule has 0 atom stereocenters. The number of hydrogen-bond donors (Lipinski definition) is 2. The maximum Gasteiger partial charge on any atom is 0.191 e. The smallest absolute Gasteiger partial charge is 0.191 e. The summed E-state index contributed by atoms with van der Waals surface area (Å²) in [5, 5.41) is 8.55. The zero-order chi connectivity index (χ0) is 12.5. The number of aromatic nitrogens is 1. The van der Waals surface area contributed by atoms with Crippen LogP contribution in [0.1, 0.15) is 20.3 Å². The molecule has 17 heavy (non-hydrogen) atoms. The number of nitrogens with one attached hydrogen (secondary N) is 2. The van der Waals surface area contributed by atoms with Crippen LogP contribution < -0.4 is 10.6 Å². The molecule has 0 bridgehead atoms. The quantitative estimate of drug-likeness (QED) is 0.361. The molecule has 0 spiro atoms. The van der Waals surface area contributed by atoms with Crippen LogP contribution in [-0.4, -0.2) is 36.3 Å². The molecular formula is C11H20N4S2. The van der Waals surface area contributed by atoms with Gasteiger partial charge in [-0.05, 0) is 20.3 Å². The molecule has 0 aliphatic heterocycles. The van der Waals surface area contributed by atoms with Crippen LogP contribution in [0.4, 0.5) is 0 Å². The fourth-order valence-corrected chi connectivity index (χ4v) is 2.84. The van der Waals surface area contributed by atoms with E-state index in [1.165, 1.54) is 0 Å². The number of rotatable bonds is 6. The van der Waals surface area contributed by atoms with E-state index in [4.69, 9.17) is 0 Å². The molecule has 2 N–H and O–H groups in total. The van der Waals surface area contributed by atoms with Crippen LogP contribution in [-0.2, 0) is 0 Å². The molecule has 1 heterocycles. The number of guanidine groups is 1. The van der Waals surface area contributed by atoms with Gasteiger partial charge in [0.05, 0.1) is 0 Å². The summed E-state index contributed by atoms with van der Waals surface area (Å²) < 4.78 is 1.15. The van der Waals surface area contributed by atoms with Crippen molar-refractivity contribution in [3.05, 3.63) is 11.6 Å². The first-order valence-electron chi connectivity index (χ1n) is 5.72. The predicted molar refractivity (Wildman–Crippen MR) is 77.1 cm³/mol. The van der Waals surface area contributed by atoms with Crippen molar-refractivity contribution in [3.63, 3.8) is 0 Å². The summed E-state index contributed by atoms with van der Waals surface area (Å²) in [6.45, 7) is 5.14. The van der Waals surface area contributed by atoms with Crippen molar-refractivity contribution in [2.45, 2.75) is 30.6 Å². The van der Waals surface area contributed by atoms with E-state index in [2.05, 4.69) is 34.5 Å². The lowest BCUT2D eigenvalue weighted by atomic mass is 10.4. The van der Waals surface area contributed by atoms with Gasteiger partial charge >= 0.3 is 0 Å². The highest BCUT2D eigenvalue weighted by Crippen LogP contribution is 2.20. The second-order valence-electron chi connectivity index (χ2n) is 3.80. The molecule has 1 aromatic rings. The minimum atomic E-state index is 0.408. The lowest BCUT2D eigenvalue weighted by Crippen LogP contribution is -2.41. The van der Waals surface area contributed by atoms with E-state index < -0.39 is 0 Å². The number of hydrogen-bond acceptors (Lipinski definition) is 4. The monoisotopic (exact) mass is 272 g/mol. The Morgan fingerprint density at radius 3 is 3.00 bits per heavy atom. The van der Waals surface area contributed by atoms with Gasteiger partial charge in [-0.3, -0.25) is 4.99 Å². The van der Waals surface area contributed by atoms with Crippen LogP contribution in [0, 0.1) is 0 Å². The minimum Gasteiger partial charge on any atom is -0.356 e. The van der Waals surface area contributed by atoms with Gasteiger partial charge in [-0.2, -0.15) is 0 Å². The molecule has 0 amide bonds. The Morgan fingerprint density at radius 2 is 2.41 bits per heavy atom. The van der Waals surface area contributed by atoms with Gasteiger partial charge in [0, 0.05) is 37.0 Å². The molecule has 0 saturated heterocycles. The van der Waals surface area contributed by atoms with Crippen molar-refractivity contribution in [3.8, 4) is 0 Å². The van der Waals surface area contributed by atoms with Crippen LogP contribution in [0.2, 0.25) is 0 Å². The molecule has 0 saturated carbocycles. The van der Waals surface area contributed by atoms with Gasteiger partial charge in [-0.1, -0.05) is 11.8 Å². The summed E-state index contributed by atoms with van der Waals surface area (Å²) >= 11 is 3.50. The highest BCUT2D eigenvalue weighted by molar-refractivity contribution is 8.00. The van der Waals surface area contributed by atoms with Crippen molar-refractivity contribution in [1.82, 2.24) is 15.6 Å². The average molecular weight is 272 g/mol. The van der Waals surface area contributed by atoms with Crippen molar-refractivity contribution >= 4 is 29.1 Å². The third-order valence-corrected chi connectivity index (χ3v) is 3.95. The second-order valence-corrected chi connectivity index (χ2v) is 6.03. The van der Waals surface area contributed by atoms with Gasteiger partial charge < -0.3 is 10.6 Å². The maximum atomic E-state index is 4.23. The zero-order valence-electron chi connectivity index (χ0n) is 10.6. The third-order valence-electron chi connectivity index (χ3n) is 1.90. The lowest BCUT2D eigenvalue weighted by Gasteiger charge is -2.13. The largest absolute Gasteiger partial charge is 0.356 e. The number of nitrogens with zero attached hydrogens (tertiary/aromatic N) is 2. The van der Waals surface area contributed by atoms with E-state index >= 15 is 0 Å². The Balaban J connectivity index is 2.07. The fourth-order valence-electron chi connectivity index (χ4n) is 1.19. The van der Waals surface area contributed by atoms with Gasteiger partial charge in [0.1, 0.15) is 4.34 Å². The van der Waals surface area contributed by atoms with Crippen LogP contribution in [0.25, 0.3) is 0 Å². The summed E-state index contributed by atoms with van der Waals surface area (Å²) in [6.07, 6.45) is 2.95. The lowest BCUT2D eigenvalue weighted by molar-refractivity contribution is 0.696. The topological polar surface area (TPSA) is 49.3 Å². The maximum absolute atomic E-state index is 4.23. The summed E-state index contributed by atoms with van der Waals surface area (Å²) in [7, 11) is 1.79. The molecule has 0 aliphatic carbocycles. The predicted octanol–water partition coefficient (Wildman–Crippen LogP) is 2.20. The molecule has 0 aliphatic rings. The van der Waals surface area contributed by atoms with Crippen LogP contribution in [0.5, 0.6) is 0 Å². The van der Waals surface area contributed by atoms with Gasteiger partial charge in [0.25, 0.3) is 0 Å². The standard InChI is InChI=1S/C11H20N4S2/c1-9(2)15-10(12-3)13-5-4-7-16-11-14-6-8-17-11/h6,8-9H,4-5,7H2,1-3H3,(H2,12,13,15). The number of aliphatic imine (C=N–C) groups is 1. The molecule has 0 unspecified atom stereocenters. The molecule has 1 aromatic heterocycles. The van der Waals surface area contributed by atoms with Crippen LogP contribution >= 0.6 is 23.1 Å². The molecule has 96 valence electrons. The Morgan fingerprint density at radius 1 is 1.59 bits per heavy atom. The number of thiazole rings is 1. The molecular weight excluding hydrogens is 252 g/mol. The third kappa shape index (κ3) is 6.53. The zero-order valence-corrected chi connectivity index (χ0v) is 12.2. The fraction of sp³-hybridized carbons (Fsp3) is 0.636. The normalized spacial score (nSPS) is 11.9.